The van der Waals surface area contributed by atoms with E-state index in [1.54, 1.807) is 18.2 Å². The van der Waals surface area contributed by atoms with Gasteiger partial charge in [0.25, 0.3) is 5.56 Å². The fraction of sp³-hybridized carbons (Fsp3) is 0. The molecule has 0 bridgehead atoms. The molecule has 0 unspecified atom stereocenters. The second kappa shape index (κ2) is 7.61. The predicted molar refractivity (Wildman–Crippen MR) is 117 cm³/mol. The molecule has 3 aromatic rings. The highest BCUT2D eigenvalue weighted by molar-refractivity contribution is 14.1. The van der Waals surface area contributed by atoms with Crippen LogP contribution in [-0.4, -0.2) is 16.1 Å². The molecule has 1 aromatic heterocycles. The van der Waals surface area contributed by atoms with E-state index in [0.29, 0.717) is 5.69 Å². The van der Waals surface area contributed by atoms with Crippen LogP contribution in [0, 0.1) is 7.14 Å². The lowest BCUT2D eigenvalue weighted by atomic mass is 10.2. The first-order valence-electron chi connectivity index (χ1n) is 7.28. The van der Waals surface area contributed by atoms with E-state index in [1.807, 2.05) is 12.1 Å². The Bertz CT molecular complexity index is 1140. The lowest BCUT2D eigenvalue weighted by Gasteiger charge is -2.09. The number of benzene rings is 2. The van der Waals surface area contributed by atoms with Crippen LogP contribution in [0.5, 0.6) is 5.75 Å². The zero-order valence-electron chi connectivity index (χ0n) is 13.0. The fourth-order valence-electron chi connectivity index (χ4n) is 2.30. The number of fused-ring (bicyclic) bond motifs is 1. The van der Waals surface area contributed by atoms with Gasteiger partial charge in [-0.15, -0.1) is 0 Å². The molecule has 1 heterocycles. The Morgan fingerprint density at radius 3 is 2.50 bits per heavy atom. The number of hydrogen-bond donors (Lipinski definition) is 4. The molecular formula is C17H11I2N3O4. The lowest BCUT2D eigenvalue weighted by Crippen LogP contribution is -2.24. The molecule has 2 amide bonds. The second-order valence-electron chi connectivity index (χ2n) is 5.26. The highest BCUT2D eigenvalue weighted by atomic mass is 127. The van der Waals surface area contributed by atoms with Gasteiger partial charge in [0, 0.05) is 12.5 Å². The molecule has 0 aliphatic carbocycles. The number of carbonyl (C=O) groups excluding carboxylic acids is 1. The van der Waals surface area contributed by atoms with Gasteiger partial charge in [0.15, 0.2) is 0 Å². The summed E-state index contributed by atoms with van der Waals surface area (Å²) in [5, 5.41) is 15.1. The summed E-state index contributed by atoms with van der Waals surface area (Å²) >= 11 is 4.22. The summed E-state index contributed by atoms with van der Waals surface area (Å²) < 4.78 is 1.81. The number of carbonyl (C=O) groups is 1. The van der Waals surface area contributed by atoms with Crippen molar-refractivity contribution >= 4 is 73.5 Å². The molecule has 0 saturated heterocycles. The van der Waals surface area contributed by atoms with Crippen molar-refractivity contribution in [1.82, 2.24) is 4.98 Å². The quantitative estimate of drug-likeness (QED) is 0.351. The van der Waals surface area contributed by atoms with Crippen LogP contribution in [0.4, 0.5) is 16.2 Å². The number of H-pyrrole nitrogens is 1. The highest BCUT2D eigenvalue weighted by Gasteiger charge is 2.15. The van der Waals surface area contributed by atoms with Crippen LogP contribution in [0.15, 0.2) is 52.1 Å². The van der Waals surface area contributed by atoms with E-state index in [9.17, 15) is 19.5 Å². The molecular weight excluding hydrogens is 564 g/mol. The van der Waals surface area contributed by atoms with Crippen molar-refractivity contribution in [2.75, 3.05) is 10.6 Å². The van der Waals surface area contributed by atoms with Gasteiger partial charge in [-0.05, 0) is 75.5 Å². The summed E-state index contributed by atoms with van der Waals surface area (Å²) in [6.07, 6.45) is 0. The number of halogens is 2. The first-order chi connectivity index (χ1) is 12.4. The molecule has 132 valence electrons. The van der Waals surface area contributed by atoms with E-state index in [4.69, 9.17) is 0 Å². The van der Waals surface area contributed by atoms with Gasteiger partial charge in [-0.25, -0.2) is 4.79 Å². The maximum atomic E-state index is 12.6. The summed E-state index contributed by atoms with van der Waals surface area (Å²) in [6.45, 7) is 0. The maximum absolute atomic E-state index is 12.6. The van der Waals surface area contributed by atoms with Gasteiger partial charge in [-0.2, -0.15) is 0 Å². The number of nitrogens with one attached hydrogen (secondary N) is 3. The van der Waals surface area contributed by atoms with Crippen molar-refractivity contribution in [2.24, 2.45) is 0 Å². The van der Waals surface area contributed by atoms with Crippen molar-refractivity contribution in [1.29, 1.82) is 0 Å². The van der Waals surface area contributed by atoms with Crippen LogP contribution in [-0.2, 0) is 0 Å². The molecule has 0 atom stereocenters. The Hall–Kier alpha value is -2.15. The van der Waals surface area contributed by atoms with Crippen LogP contribution in [0.3, 0.4) is 0 Å². The summed E-state index contributed by atoms with van der Waals surface area (Å²) in [5.41, 5.74) is -1.22. The van der Waals surface area contributed by atoms with E-state index in [2.05, 4.69) is 60.8 Å². The summed E-state index contributed by atoms with van der Waals surface area (Å²) in [5.74, 6) is -0.848. The lowest BCUT2D eigenvalue weighted by molar-refractivity contribution is 0.262. The molecule has 4 N–H and O–H groups in total. The Balaban J connectivity index is 2.02. The van der Waals surface area contributed by atoms with Crippen LogP contribution >= 0.6 is 45.2 Å². The second-order valence-corrected chi connectivity index (χ2v) is 7.66. The van der Waals surface area contributed by atoms with E-state index < -0.39 is 28.5 Å². The first kappa shape index (κ1) is 18.6. The number of aromatic hydroxyl groups is 1. The van der Waals surface area contributed by atoms with E-state index >= 15 is 0 Å². The van der Waals surface area contributed by atoms with Gasteiger partial charge in [0.2, 0.25) is 11.2 Å². The molecule has 2 aromatic carbocycles. The Kier molecular flexibility index (Phi) is 5.46. The molecule has 3 rings (SSSR count). The molecule has 7 nitrogen and oxygen atoms in total. The molecule has 0 aliphatic heterocycles. The minimum absolute atomic E-state index is 0.170. The van der Waals surface area contributed by atoms with Crippen molar-refractivity contribution in [3.05, 3.63) is 70.2 Å². The molecule has 0 fully saturated rings. The number of para-hydroxylation sites is 1. The Labute approximate surface area is 174 Å². The number of anilines is 2. The van der Waals surface area contributed by atoms with Crippen molar-refractivity contribution < 1.29 is 9.90 Å². The number of aromatic nitrogens is 1. The van der Waals surface area contributed by atoms with Gasteiger partial charge < -0.3 is 20.7 Å². The average Bonchev–Trinajstić information content (AvgIpc) is 2.69. The number of urea groups is 1. The van der Waals surface area contributed by atoms with Gasteiger partial charge in [0.05, 0.1) is 11.2 Å². The summed E-state index contributed by atoms with van der Waals surface area (Å²) in [6, 6.07) is 11.0. The van der Waals surface area contributed by atoms with Crippen molar-refractivity contribution in [2.45, 2.75) is 0 Å². The monoisotopic (exact) mass is 575 g/mol. The zero-order valence-corrected chi connectivity index (χ0v) is 17.3. The van der Waals surface area contributed by atoms with Gasteiger partial charge in [-0.3, -0.25) is 9.59 Å². The van der Waals surface area contributed by atoms with Gasteiger partial charge >= 0.3 is 6.03 Å². The van der Waals surface area contributed by atoms with Gasteiger partial charge in [-0.1, -0.05) is 12.1 Å². The SMILES string of the molecule is O=C(Nc1ccc(I)cc1I)Nc1c(O)c(=O)[nH]c2ccccc2c1=O. The minimum Gasteiger partial charge on any atom is -0.501 e. The maximum Gasteiger partial charge on any atom is 0.323 e. The number of rotatable bonds is 2. The molecule has 9 heteroatoms. The normalized spacial score (nSPS) is 10.5. The van der Waals surface area contributed by atoms with Gasteiger partial charge in [0.1, 0.15) is 5.69 Å². The Morgan fingerprint density at radius 1 is 1.04 bits per heavy atom. The zero-order chi connectivity index (χ0) is 18.8. The third kappa shape index (κ3) is 3.82. The molecule has 0 spiro atoms. The Morgan fingerprint density at radius 2 is 1.77 bits per heavy atom. The number of hydrogen-bond acceptors (Lipinski definition) is 4. The van der Waals surface area contributed by atoms with E-state index in [1.165, 1.54) is 12.1 Å². The van der Waals surface area contributed by atoms with Crippen LogP contribution < -0.4 is 21.6 Å². The molecule has 0 aliphatic rings. The molecule has 26 heavy (non-hydrogen) atoms. The minimum atomic E-state index is -0.873. The topological polar surface area (TPSA) is 111 Å². The molecule has 0 saturated carbocycles. The van der Waals surface area contributed by atoms with Crippen molar-refractivity contribution in [3.63, 3.8) is 0 Å². The third-order valence-corrected chi connectivity index (χ3v) is 5.08. The van der Waals surface area contributed by atoms with E-state index in [0.717, 1.165) is 7.14 Å². The van der Waals surface area contributed by atoms with Crippen LogP contribution in [0.25, 0.3) is 10.9 Å². The average molecular weight is 575 g/mol. The predicted octanol–water partition coefficient (Wildman–Crippen LogP) is 3.45. The fourth-order valence-corrected chi connectivity index (χ4v) is 4.04. The first-order valence-corrected chi connectivity index (χ1v) is 9.44. The van der Waals surface area contributed by atoms with Crippen LogP contribution in [0.2, 0.25) is 0 Å². The smallest absolute Gasteiger partial charge is 0.323 e. The van der Waals surface area contributed by atoms with E-state index in [-0.39, 0.29) is 10.9 Å². The number of aromatic amines is 1. The van der Waals surface area contributed by atoms with Crippen LogP contribution in [0.1, 0.15) is 0 Å². The number of amides is 2. The largest absolute Gasteiger partial charge is 0.501 e. The summed E-state index contributed by atoms with van der Waals surface area (Å²) in [7, 11) is 0. The standard InChI is InChI=1S/C17H11I2N3O4/c18-8-5-6-12(10(19)7-8)21-17(26)22-13-14(23)9-3-1-2-4-11(9)20-16(25)15(13)24/h1-7H,(H4,20,21,22,23,24,25,26). The molecule has 0 radical (unpaired) electrons. The summed E-state index contributed by atoms with van der Waals surface area (Å²) in [4.78, 5) is 39.4. The van der Waals surface area contributed by atoms with Crippen molar-refractivity contribution in [3.8, 4) is 5.75 Å². The third-order valence-electron chi connectivity index (χ3n) is 3.52. The highest BCUT2D eigenvalue weighted by Crippen LogP contribution is 2.21.